The summed E-state index contributed by atoms with van der Waals surface area (Å²) in [4.78, 5) is 8.18. The molecule has 1 aliphatic carbocycles. The van der Waals surface area contributed by atoms with Crippen molar-refractivity contribution < 1.29 is 4.42 Å². The summed E-state index contributed by atoms with van der Waals surface area (Å²) in [5, 5.41) is 8.58. The fraction of sp³-hybridized carbons (Fsp3) is 0.0392. The van der Waals surface area contributed by atoms with E-state index in [0.29, 0.717) is 6.54 Å². The van der Waals surface area contributed by atoms with Gasteiger partial charge in [-0.3, -0.25) is 0 Å². The quantitative estimate of drug-likeness (QED) is 0.197. The van der Waals surface area contributed by atoms with Gasteiger partial charge in [-0.05, 0) is 74.5 Å². The van der Waals surface area contributed by atoms with Crippen LogP contribution in [0.25, 0.3) is 55.2 Å². The predicted molar refractivity (Wildman–Crippen MR) is 227 cm³/mol. The molecule has 1 spiro atoms. The maximum atomic E-state index is 6.29. The van der Waals surface area contributed by atoms with Crippen LogP contribution in [0.15, 0.2) is 195 Å². The Labute approximate surface area is 322 Å². The second-order valence-electron chi connectivity index (χ2n) is 14.6. The van der Waals surface area contributed by atoms with E-state index in [1.807, 2.05) is 23.9 Å². The molecule has 0 amide bonds. The molecule has 258 valence electrons. The van der Waals surface area contributed by atoms with E-state index in [2.05, 4.69) is 169 Å². The van der Waals surface area contributed by atoms with Crippen LogP contribution < -0.4 is 5.32 Å². The van der Waals surface area contributed by atoms with Crippen molar-refractivity contribution in [1.29, 1.82) is 0 Å². The van der Waals surface area contributed by atoms with E-state index in [4.69, 9.17) is 9.41 Å². The summed E-state index contributed by atoms with van der Waals surface area (Å²) in [5.74, 6) is 0. The van der Waals surface area contributed by atoms with Crippen molar-refractivity contribution in [3.8, 4) is 11.1 Å². The smallest absolute Gasteiger partial charge is 0.135 e. The van der Waals surface area contributed by atoms with Crippen LogP contribution in [0, 0.1) is 0 Å². The maximum Gasteiger partial charge on any atom is 0.135 e. The first kappa shape index (κ1) is 30.8. The van der Waals surface area contributed by atoms with E-state index in [0.717, 1.165) is 55.7 Å². The van der Waals surface area contributed by atoms with Gasteiger partial charge in [0.1, 0.15) is 11.2 Å². The first-order valence-electron chi connectivity index (χ1n) is 18.8. The minimum Gasteiger partial charge on any atom is -0.456 e. The molecule has 3 nitrogen and oxygen atoms in total. The van der Waals surface area contributed by atoms with Crippen molar-refractivity contribution in [2.24, 2.45) is 4.99 Å². The molecule has 3 aliphatic rings. The van der Waals surface area contributed by atoms with Crippen LogP contribution in [0.4, 0.5) is 0 Å². The summed E-state index contributed by atoms with van der Waals surface area (Å²) in [5.41, 5.74) is 15.6. The standard InChI is InChI=1S/C51H32N2OS/c1-2-15-33-31(13-1)14-11-19-36(33)44-30-52-49(48(53-44)32-27-28-46-39(29-32)37-18-5-9-25-45(37)54-46)38-20-12-24-43-50(38)55-47-26-10-8-23-42(47)51(43)40-21-6-3-16-34(40)35-17-4-7-22-41(35)51/h1-29,52H,30H2. The molecule has 0 radical (unpaired) electrons. The van der Waals surface area contributed by atoms with Gasteiger partial charge in [-0.2, -0.15) is 0 Å². The minimum absolute atomic E-state index is 0.457. The highest BCUT2D eigenvalue weighted by Gasteiger charge is 2.50. The molecule has 0 saturated heterocycles. The van der Waals surface area contributed by atoms with Crippen LogP contribution in [0.2, 0.25) is 0 Å². The third-order valence-electron chi connectivity index (χ3n) is 11.8. The van der Waals surface area contributed by atoms with Crippen LogP contribution >= 0.6 is 11.8 Å². The number of rotatable bonds is 3. The second kappa shape index (κ2) is 11.7. The normalized spacial score (nSPS) is 15.1. The van der Waals surface area contributed by atoms with Crippen molar-refractivity contribution >= 4 is 61.6 Å². The zero-order chi connectivity index (χ0) is 36.1. The molecule has 0 unspecified atom stereocenters. The molecular weight excluding hydrogens is 689 g/mol. The molecule has 12 rings (SSSR count). The Morgan fingerprint density at radius 3 is 1.98 bits per heavy atom. The van der Waals surface area contributed by atoms with Crippen molar-refractivity contribution in [3.63, 3.8) is 0 Å². The Bertz CT molecular complexity index is 3100. The van der Waals surface area contributed by atoms with Crippen LogP contribution in [-0.2, 0) is 5.41 Å². The number of nitrogens with zero attached hydrogens (tertiary/aromatic N) is 1. The number of benzene rings is 8. The maximum absolute atomic E-state index is 6.29. The molecule has 0 bridgehead atoms. The molecule has 9 aromatic rings. The summed E-state index contributed by atoms with van der Waals surface area (Å²) in [6.07, 6.45) is 0. The van der Waals surface area contributed by atoms with Gasteiger partial charge in [0, 0.05) is 37.3 Å². The molecule has 3 heterocycles. The van der Waals surface area contributed by atoms with E-state index < -0.39 is 5.41 Å². The number of furan rings is 1. The highest BCUT2D eigenvalue weighted by molar-refractivity contribution is 7.99. The van der Waals surface area contributed by atoms with E-state index in [9.17, 15) is 0 Å². The van der Waals surface area contributed by atoms with Gasteiger partial charge in [-0.15, -0.1) is 0 Å². The minimum atomic E-state index is -0.457. The average Bonchev–Trinajstić information content (AvgIpc) is 3.77. The monoisotopic (exact) mass is 720 g/mol. The van der Waals surface area contributed by atoms with E-state index in [1.165, 1.54) is 53.9 Å². The Balaban J connectivity index is 1.15. The lowest BCUT2D eigenvalue weighted by molar-refractivity contribution is 0.669. The summed E-state index contributed by atoms with van der Waals surface area (Å²) in [6, 6.07) is 63.8. The Morgan fingerprint density at radius 2 is 1.13 bits per heavy atom. The lowest BCUT2D eigenvalue weighted by Gasteiger charge is -2.40. The molecule has 55 heavy (non-hydrogen) atoms. The highest BCUT2D eigenvalue weighted by atomic mass is 32.2. The Hall–Kier alpha value is -6.62. The van der Waals surface area contributed by atoms with E-state index in [-0.39, 0.29) is 0 Å². The van der Waals surface area contributed by atoms with E-state index in [1.54, 1.807) is 0 Å². The topological polar surface area (TPSA) is 37.5 Å². The summed E-state index contributed by atoms with van der Waals surface area (Å²) in [7, 11) is 0. The van der Waals surface area contributed by atoms with Crippen LogP contribution in [0.1, 0.15) is 38.9 Å². The van der Waals surface area contributed by atoms with Crippen LogP contribution in [-0.4, -0.2) is 12.3 Å². The third-order valence-corrected chi connectivity index (χ3v) is 13.0. The molecule has 0 atom stereocenters. The van der Waals surface area contributed by atoms with Gasteiger partial charge in [0.2, 0.25) is 0 Å². The largest absolute Gasteiger partial charge is 0.456 e. The molecule has 1 N–H and O–H groups in total. The second-order valence-corrected chi connectivity index (χ2v) is 15.6. The lowest BCUT2D eigenvalue weighted by Crippen LogP contribution is -2.33. The van der Waals surface area contributed by atoms with Crippen LogP contribution in [0.5, 0.6) is 0 Å². The van der Waals surface area contributed by atoms with Gasteiger partial charge in [-0.1, -0.05) is 157 Å². The van der Waals surface area contributed by atoms with Gasteiger partial charge in [0.05, 0.1) is 29.1 Å². The highest BCUT2D eigenvalue weighted by Crippen LogP contribution is 2.63. The number of fused-ring (bicyclic) bond motifs is 13. The zero-order valence-electron chi connectivity index (χ0n) is 29.7. The van der Waals surface area contributed by atoms with E-state index >= 15 is 0 Å². The van der Waals surface area contributed by atoms with Gasteiger partial charge < -0.3 is 9.73 Å². The van der Waals surface area contributed by atoms with Crippen LogP contribution in [0.3, 0.4) is 0 Å². The Morgan fingerprint density at radius 1 is 0.509 bits per heavy atom. The molecular formula is C51H32N2OS. The summed E-state index contributed by atoms with van der Waals surface area (Å²) < 4.78 is 6.29. The zero-order valence-corrected chi connectivity index (χ0v) is 30.5. The molecule has 1 aromatic heterocycles. The fourth-order valence-corrected chi connectivity index (χ4v) is 10.8. The SMILES string of the molecule is c1ccc2c(c1)Sc1c(C3=C(c4ccc5oc6ccccc6c5c4)N=C(c4cccc5ccccc45)CN3)cccc1C21c2ccccc2-c2ccccc21. The first-order valence-corrected chi connectivity index (χ1v) is 19.7. The van der Waals surface area contributed by atoms with Crippen molar-refractivity contribution in [1.82, 2.24) is 5.32 Å². The fourth-order valence-electron chi connectivity index (χ4n) is 9.50. The molecule has 0 saturated carbocycles. The van der Waals surface area contributed by atoms with Crippen molar-refractivity contribution in [2.75, 3.05) is 6.54 Å². The Kier molecular flexibility index (Phi) is 6.55. The number of hydrogen-bond donors (Lipinski definition) is 1. The first-order chi connectivity index (χ1) is 27.3. The summed E-state index contributed by atoms with van der Waals surface area (Å²) >= 11 is 1.88. The predicted octanol–water partition coefficient (Wildman–Crippen LogP) is 12.5. The van der Waals surface area contributed by atoms with Gasteiger partial charge in [-0.25, -0.2) is 4.99 Å². The van der Waals surface area contributed by atoms with Gasteiger partial charge >= 0.3 is 0 Å². The summed E-state index contributed by atoms with van der Waals surface area (Å²) in [6.45, 7) is 0.603. The number of aliphatic imine (C=N–C) groups is 1. The van der Waals surface area contributed by atoms with Gasteiger partial charge in [0.15, 0.2) is 0 Å². The number of para-hydroxylation sites is 1. The van der Waals surface area contributed by atoms with Crippen molar-refractivity contribution in [2.45, 2.75) is 15.2 Å². The molecule has 2 aliphatic heterocycles. The molecule has 0 fully saturated rings. The number of hydrogen-bond acceptors (Lipinski definition) is 4. The lowest BCUT2D eigenvalue weighted by atomic mass is 9.67. The van der Waals surface area contributed by atoms with Gasteiger partial charge in [0.25, 0.3) is 0 Å². The molecule has 8 aromatic carbocycles. The number of nitrogens with one attached hydrogen (secondary N) is 1. The third kappa shape index (κ3) is 4.31. The molecule has 4 heteroatoms. The van der Waals surface area contributed by atoms with Crippen molar-refractivity contribution in [3.05, 3.63) is 215 Å². The average molecular weight is 721 g/mol.